The fraction of sp³-hybridized carbons (Fsp3) is 0.608. The highest BCUT2D eigenvalue weighted by atomic mass is 16.7. The molecule has 1 rings (SSSR count). The minimum atomic E-state index is -1.62. The Balaban J connectivity index is 2.44. The van der Waals surface area contributed by atoms with Gasteiger partial charge in [0.2, 0.25) is 0 Å². The summed E-state index contributed by atoms with van der Waals surface area (Å²) in [7, 11) is 0. The topological polar surface area (TPSA) is 152 Å². The maximum atomic E-state index is 12.7. The van der Waals surface area contributed by atoms with Gasteiger partial charge in [0.15, 0.2) is 12.4 Å². The molecule has 344 valence electrons. The van der Waals surface area contributed by atoms with Crippen LogP contribution in [0.4, 0.5) is 0 Å². The molecule has 1 saturated heterocycles. The Morgan fingerprint density at radius 1 is 0.508 bits per heavy atom. The summed E-state index contributed by atoms with van der Waals surface area (Å²) in [4.78, 5) is 25.3. The van der Waals surface area contributed by atoms with Crippen molar-refractivity contribution in [3.05, 3.63) is 109 Å². The first-order valence-corrected chi connectivity index (χ1v) is 23.0. The van der Waals surface area contributed by atoms with Crippen molar-refractivity contribution in [2.75, 3.05) is 19.8 Å². The Hall–Kier alpha value is -3.64. The number of carbonyl (C=O) groups excluding carboxylic acids is 2. The van der Waals surface area contributed by atoms with Crippen LogP contribution < -0.4 is 0 Å². The molecule has 0 bridgehead atoms. The van der Waals surface area contributed by atoms with E-state index in [1.807, 2.05) is 18.2 Å². The zero-order chi connectivity index (χ0) is 44.4. The van der Waals surface area contributed by atoms with Crippen LogP contribution >= 0.6 is 0 Å². The Morgan fingerprint density at radius 3 is 1.38 bits per heavy atom. The van der Waals surface area contributed by atoms with Crippen LogP contribution in [0.2, 0.25) is 0 Å². The zero-order valence-corrected chi connectivity index (χ0v) is 37.4. The SMILES string of the molecule is CCCCC/C=C/C/C=C/C/C=C/C/C=C/C/C=C/CCC(=O)O[C@H](COC(=O)CCC/C=C/C/C=C/C/C=C/C/C=C/CCCCC)CO[C@@H]1O[C@H](CO)[C@H](O)C(O)C1O. The molecule has 1 aliphatic heterocycles. The molecule has 1 fully saturated rings. The van der Waals surface area contributed by atoms with Crippen LogP contribution in [0.5, 0.6) is 0 Å². The summed E-state index contributed by atoms with van der Waals surface area (Å²) < 4.78 is 22.0. The van der Waals surface area contributed by atoms with Gasteiger partial charge in [-0.25, -0.2) is 0 Å². The number of carbonyl (C=O) groups is 2. The van der Waals surface area contributed by atoms with Gasteiger partial charge in [-0.1, -0.05) is 149 Å². The van der Waals surface area contributed by atoms with Crippen molar-refractivity contribution in [1.82, 2.24) is 0 Å². The van der Waals surface area contributed by atoms with E-state index in [4.69, 9.17) is 18.9 Å². The van der Waals surface area contributed by atoms with Gasteiger partial charge in [0.05, 0.1) is 13.2 Å². The lowest BCUT2D eigenvalue weighted by Crippen LogP contribution is -2.59. The van der Waals surface area contributed by atoms with E-state index in [-0.39, 0.29) is 26.1 Å². The van der Waals surface area contributed by atoms with E-state index in [1.165, 1.54) is 44.9 Å². The van der Waals surface area contributed by atoms with Gasteiger partial charge < -0.3 is 39.4 Å². The highest BCUT2D eigenvalue weighted by Crippen LogP contribution is 2.22. The molecule has 10 heteroatoms. The second-order valence-electron chi connectivity index (χ2n) is 15.1. The van der Waals surface area contributed by atoms with E-state index in [0.29, 0.717) is 19.3 Å². The first kappa shape index (κ1) is 55.4. The quantitative estimate of drug-likeness (QED) is 0.0272. The number of allylic oxidation sites excluding steroid dienone is 18. The number of rotatable bonds is 36. The van der Waals surface area contributed by atoms with Crippen molar-refractivity contribution >= 4 is 11.9 Å². The molecule has 2 unspecified atom stereocenters. The summed E-state index contributed by atoms with van der Waals surface area (Å²) in [5, 5.41) is 40.1. The first-order chi connectivity index (χ1) is 29.8. The van der Waals surface area contributed by atoms with Gasteiger partial charge in [-0.05, 0) is 89.9 Å². The second kappa shape index (κ2) is 40.4. The van der Waals surface area contributed by atoms with Crippen LogP contribution in [-0.2, 0) is 28.5 Å². The maximum Gasteiger partial charge on any atom is 0.306 e. The van der Waals surface area contributed by atoms with Crippen LogP contribution in [0, 0.1) is 0 Å². The number of hydrogen-bond donors (Lipinski definition) is 4. The molecule has 4 N–H and O–H groups in total. The molecular weight excluding hydrogens is 773 g/mol. The minimum absolute atomic E-state index is 0.0880. The summed E-state index contributed by atoms with van der Waals surface area (Å²) in [6.45, 7) is 3.21. The van der Waals surface area contributed by atoms with Gasteiger partial charge in [0.1, 0.15) is 31.0 Å². The third kappa shape index (κ3) is 31.8. The van der Waals surface area contributed by atoms with Crippen molar-refractivity contribution in [3.63, 3.8) is 0 Å². The molecule has 0 aliphatic carbocycles. The molecule has 10 nitrogen and oxygen atoms in total. The Kier molecular flexibility index (Phi) is 36.7. The zero-order valence-electron chi connectivity index (χ0n) is 37.4. The van der Waals surface area contributed by atoms with E-state index >= 15 is 0 Å². The fourth-order valence-electron chi connectivity index (χ4n) is 5.98. The molecule has 0 radical (unpaired) electrons. The highest BCUT2D eigenvalue weighted by Gasteiger charge is 2.44. The summed E-state index contributed by atoms with van der Waals surface area (Å²) in [5.74, 6) is -0.981. The minimum Gasteiger partial charge on any atom is -0.462 e. The molecule has 6 atom stereocenters. The van der Waals surface area contributed by atoms with E-state index in [9.17, 15) is 30.0 Å². The van der Waals surface area contributed by atoms with Crippen LogP contribution in [0.15, 0.2) is 109 Å². The number of esters is 2. The van der Waals surface area contributed by atoms with Gasteiger partial charge in [-0.15, -0.1) is 0 Å². The van der Waals surface area contributed by atoms with Crippen molar-refractivity contribution < 1.29 is 49.0 Å². The monoisotopic (exact) mass is 853 g/mol. The summed E-state index contributed by atoms with van der Waals surface area (Å²) in [5.41, 5.74) is 0. The fourth-order valence-corrected chi connectivity index (χ4v) is 5.98. The second-order valence-corrected chi connectivity index (χ2v) is 15.1. The van der Waals surface area contributed by atoms with Crippen molar-refractivity contribution in [2.45, 2.75) is 179 Å². The molecule has 0 aromatic rings. The number of hydrogen-bond acceptors (Lipinski definition) is 10. The summed E-state index contributed by atoms with van der Waals surface area (Å²) in [6.07, 6.45) is 48.2. The van der Waals surface area contributed by atoms with Gasteiger partial charge >= 0.3 is 11.9 Å². The third-order valence-corrected chi connectivity index (χ3v) is 9.64. The molecule has 1 heterocycles. The molecule has 1 aliphatic rings. The van der Waals surface area contributed by atoms with Crippen LogP contribution in [-0.4, -0.2) is 89.0 Å². The van der Waals surface area contributed by atoms with Gasteiger partial charge in [0.25, 0.3) is 0 Å². The molecule has 0 amide bonds. The van der Waals surface area contributed by atoms with E-state index in [0.717, 1.165) is 51.4 Å². The maximum absolute atomic E-state index is 12.7. The van der Waals surface area contributed by atoms with Crippen LogP contribution in [0.25, 0.3) is 0 Å². The lowest BCUT2D eigenvalue weighted by molar-refractivity contribution is -0.305. The number of unbranched alkanes of at least 4 members (excludes halogenated alkanes) is 7. The molecule has 61 heavy (non-hydrogen) atoms. The number of aliphatic hydroxyl groups is 4. The van der Waals surface area contributed by atoms with Crippen LogP contribution in [0.3, 0.4) is 0 Å². The lowest BCUT2D eigenvalue weighted by atomic mass is 9.99. The third-order valence-electron chi connectivity index (χ3n) is 9.64. The van der Waals surface area contributed by atoms with Gasteiger partial charge in [-0.3, -0.25) is 9.59 Å². The Labute approximate surface area is 368 Å². The average Bonchev–Trinajstić information content (AvgIpc) is 3.26. The first-order valence-electron chi connectivity index (χ1n) is 23.0. The predicted molar refractivity (Wildman–Crippen MR) is 247 cm³/mol. The summed E-state index contributed by atoms with van der Waals surface area (Å²) >= 11 is 0. The van der Waals surface area contributed by atoms with Gasteiger partial charge in [-0.2, -0.15) is 0 Å². The molecule has 0 saturated carbocycles. The molecule has 0 aromatic carbocycles. The van der Waals surface area contributed by atoms with Gasteiger partial charge in [0, 0.05) is 12.8 Å². The van der Waals surface area contributed by atoms with E-state index in [1.54, 1.807) is 0 Å². The average molecular weight is 853 g/mol. The van der Waals surface area contributed by atoms with Crippen LogP contribution in [0.1, 0.15) is 142 Å². The number of ether oxygens (including phenoxy) is 4. The van der Waals surface area contributed by atoms with Crippen molar-refractivity contribution in [2.24, 2.45) is 0 Å². The Morgan fingerprint density at radius 2 is 0.934 bits per heavy atom. The molecule has 0 aromatic heterocycles. The van der Waals surface area contributed by atoms with E-state index < -0.39 is 55.4 Å². The Bertz CT molecular complexity index is 1350. The number of aliphatic hydroxyl groups excluding tert-OH is 4. The van der Waals surface area contributed by atoms with Crippen molar-refractivity contribution in [3.8, 4) is 0 Å². The smallest absolute Gasteiger partial charge is 0.306 e. The molecule has 0 spiro atoms. The van der Waals surface area contributed by atoms with E-state index in [2.05, 4.69) is 105 Å². The lowest BCUT2D eigenvalue weighted by Gasteiger charge is -2.39. The normalized spacial score (nSPS) is 20.8. The predicted octanol–water partition coefficient (Wildman–Crippen LogP) is 10.1. The standard InChI is InChI=1S/C51H80O10/c1-3-5-7-9-11-13-15-17-19-21-22-24-26-28-30-32-34-36-38-40-47(54)60-44(43-59-51-50(57)49(56)48(55)45(41-52)61-51)42-58-46(53)39-37-35-33-31-29-27-25-23-20-18-16-14-12-10-8-6-4-2/h11-14,17-20,22,24-25,27-28,30-31,33-34,36,44-45,48-52,55-57H,3-10,15-16,21,23,26,29,32,35,37-43H2,1-2H3/b13-11+,14-12+,19-17+,20-18+,24-22+,27-25+,30-28+,33-31+,36-34+/t44-,45-,48+,49?,50?,51-/m1/s1. The highest BCUT2D eigenvalue weighted by molar-refractivity contribution is 5.70. The van der Waals surface area contributed by atoms with Crippen molar-refractivity contribution in [1.29, 1.82) is 0 Å². The summed E-state index contributed by atoms with van der Waals surface area (Å²) in [6, 6.07) is 0. The largest absolute Gasteiger partial charge is 0.462 e. The molecular formula is C51H80O10.